The van der Waals surface area contributed by atoms with E-state index in [0.717, 1.165) is 0 Å². The fourth-order valence-electron chi connectivity index (χ4n) is 1.51. The SMILES string of the molecule is C[NH+]([O-])C1C(C=C(N)N)C1(N)N. The highest BCUT2D eigenvalue weighted by molar-refractivity contribution is 5.22. The van der Waals surface area contributed by atoms with Gasteiger partial charge in [0.1, 0.15) is 11.7 Å². The van der Waals surface area contributed by atoms with Crippen molar-refractivity contribution in [2.24, 2.45) is 28.9 Å². The Morgan fingerprint density at radius 3 is 2.25 bits per heavy atom. The Balaban J connectivity index is 2.67. The predicted octanol–water partition coefficient (Wildman–Crippen LogP) is -3.63. The summed E-state index contributed by atoms with van der Waals surface area (Å²) in [5, 5.41) is 10.9. The van der Waals surface area contributed by atoms with Crippen LogP contribution in [-0.2, 0) is 0 Å². The summed E-state index contributed by atoms with van der Waals surface area (Å²) in [4.78, 5) is 0. The van der Waals surface area contributed by atoms with E-state index in [2.05, 4.69) is 0 Å². The quantitative estimate of drug-likeness (QED) is 0.217. The molecule has 6 nitrogen and oxygen atoms in total. The Morgan fingerprint density at radius 1 is 1.50 bits per heavy atom. The Hall–Kier alpha value is -0.820. The Morgan fingerprint density at radius 2 is 2.00 bits per heavy atom. The smallest absolute Gasteiger partial charge is 0.131 e. The van der Waals surface area contributed by atoms with Crippen molar-refractivity contribution < 1.29 is 5.06 Å². The van der Waals surface area contributed by atoms with Gasteiger partial charge in [0.05, 0.1) is 18.8 Å². The average molecular weight is 173 g/mol. The monoisotopic (exact) mass is 173 g/mol. The standard InChI is InChI=1S/C6H15N5O/c1-11(12)5-3(2-4(7)8)6(5,9)10/h2-3,5,11H,7-10H2,1H3. The van der Waals surface area contributed by atoms with Crippen molar-refractivity contribution in [3.05, 3.63) is 17.1 Å². The molecule has 0 aromatic heterocycles. The third kappa shape index (κ3) is 1.37. The molecular formula is C6H15N5O. The zero-order chi connectivity index (χ0) is 9.52. The van der Waals surface area contributed by atoms with Crippen LogP contribution in [0, 0.1) is 11.1 Å². The van der Waals surface area contributed by atoms with Crippen LogP contribution in [0.2, 0.25) is 0 Å². The van der Waals surface area contributed by atoms with Crippen LogP contribution in [0.15, 0.2) is 11.9 Å². The number of rotatable bonds is 2. The van der Waals surface area contributed by atoms with Crippen LogP contribution in [0.5, 0.6) is 0 Å². The number of nitrogens with two attached hydrogens (primary N) is 4. The van der Waals surface area contributed by atoms with E-state index < -0.39 is 5.66 Å². The topological polar surface area (TPSA) is 132 Å². The molecule has 9 N–H and O–H groups in total. The second-order valence-corrected chi connectivity index (χ2v) is 3.28. The maximum Gasteiger partial charge on any atom is 0.131 e. The minimum absolute atomic E-state index is 0.0255. The summed E-state index contributed by atoms with van der Waals surface area (Å²) in [6.07, 6.45) is 1.53. The van der Waals surface area contributed by atoms with Gasteiger partial charge >= 0.3 is 0 Å². The molecule has 0 aliphatic heterocycles. The van der Waals surface area contributed by atoms with E-state index in [4.69, 9.17) is 22.9 Å². The van der Waals surface area contributed by atoms with Gasteiger partial charge in [-0.1, -0.05) is 0 Å². The molecule has 1 saturated carbocycles. The molecule has 1 rings (SSSR count). The molecule has 0 heterocycles. The first-order valence-electron chi connectivity index (χ1n) is 3.68. The maximum absolute atomic E-state index is 10.9. The number of likely N-dealkylation sites (N-methyl/N-ethyl adjacent to an activating group) is 1. The highest BCUT2D eigenvalue weighted by Crippen LogP contribution is 2.35. The highest BCUT2D eigenvalue weighted by atomic mass is 16.5. The van der Waals surface area contributed by atoms with Gasteiger partial charge in [-0.25, -0.2) is 0 Å². The Labute approximate surface area is 70.7 Å². The minimum Gasteiger partial charge on any atom is -0.634 e. The van der Waals surface area contributed by atoms with Gasteiger partial charge in [0.15, 0.2) is 0 Å². The van der Waals surface area contributed by atoms with Crippen LogP contribution < -0.4 is 28.0 Å². The summed E-state index contributed by atoms with van der Waals surface area (Å²) >= 11 is 0. The molecule has 0 aromatic carbocycles. The molecule has 1 aliphatic rings. The van der Waals surface area contributed by atoms with Gasteiger partial charge in [0.2, 0.25) is 0 Å². The summed E-state index contributed by atoms with van der Waals surface area (Å²) in [5.41, 5.74) is 20.7. The van der Waals surface area contributed by atoms with Crippen molar-refractivity contribution in [3.63, 3.8) is 0 Å². The molecule has 0 radical (unpaired) electrons. The van der Waals surface area contributed by atoms with Crippen molar-refractivity contribution in [2.75, 3.05) is 7.05 Å². The second-order valence-electron chi connectivity index (χ2n) is 3.28. The molecule has 6 heteroatoms. The molecule has 3 atom stereocenters. The molecular weight excluding hydrogens is 158 g/mol. The van der Waals surface area contributed by atoms with Crippen LogP contribution in [0.3, 0.4) is 0 Å². The number of hydrogen-bond donors (Lipinski definition) is 5. The molecule has 3 unspecified atom stereocenters. The van der Waals surface area contributed by atoms with Crippen LogP contribution in [0.25, 0.3) is 0 Å². The van der Waals surface area contributed by atoms with E-state index in [0.29, 0.717) is 0 Å². The molecule has 1 fully saturated rings. The van der Waals surface area contributed by atoms with Gasteiger partial charge in [0.25, 0.3) is 0 Å². The van der Waals surface area contributed by atoms with Crippen molar-refractivity contribution >= 4 is 0 Å². The average Bonchev–Trinajstić information content (AvgIpc) is 2.32. The van der Waals surface area contributed by atoms with E-state index in [-0.39, 0.29) is 22.8 Å². The lowest BCUT2D eigenvalue weighted by Gasteiger charge is -2.17. The minimum atomic E-state index is -0.949. The first kappa shape index (κ1) is 9.27. The third-order valence-electron chi connectivity index (χ3n) is 2.18. The van der Waals surface area contributed by atoms with Crippen LogP contribution in [0.1, 0.15) is 0 Å². The molecule has 1 aliphatic carbocycles. The Kier molecular flexibility index (Phi) is 2.01. The van der Waals surface area contributed by atoms with E-state index in [9.17, 15) is 5.21 Å². The third-order valence-corrected chi connectivity index (χ3v) is 2.18. The van der Waals surface area contributed by atoms with Crippen molar-refractivity contribution in [1.82, 2.24) is 0 Å². The van der Waals surface area contributed by atoms with Crippen LogP contribution >= 0.6 is 0 Å². The Bertz CT molecular complexity index is 208. The van der Waals surface area contributed by atoms with Gasteiger partial charge in [-0.3, -0.25) is 0 Å². The maximum atomic E-state index is 10.9. The first-order valence-corrected chi connectivity index (χ1v) is 3.68. The molecule has 0 amide bonds. The number of nitrogens with one attached hydrogen (secondary N) is 1. The fourth-order valence-corrected chi connectivity index (χ4v) is 1.51. The van der Waals surface area contributed by atoms with E-state index in [1.165, 1.54) is 13.1 Å². The van der Waals surface area contributed by atoms with Gasteiger partial charge in [-0.15, -0.1) is 0 Å². The lowest BCUT2D eigenvalue weighted by molar-refractivity contribution is -0.841. The first-order chi connectivity index (χ1) is 5.37. The van der Waals surface area contributed by atoms with Crippen molar-refractivity contribution in [3.8, 4) is 0 Å². The van der Waals surface area contributed by atoms with E-state index in [1.54, 1.807) is 0 Å². The molecule has 0 bridgehead atoms. The van der Waals surface area contributed by atoms with E-state index >= 15 is 0 Å². The lowest BCUT2D eigenvalue weighted by Crippen LogP contribution is -3.07. The molecule has 0 aromatic rings. The fraction of sp³-hybridized carbons (Fsp3) is 0.667. The van der Waals surface area contributed by atoms with Gasteiger partial charge in [-0.2, -0.15) is 0 Å². The zero-order valence-corrected chi connectivity index (χ0v) is 6.95. The van der Waals surface area contributed by atoms with Crippen molar-refractivity contribution in [1.29, 1.82) is 0 Å². The predicted molar refractivity (Wildman–Crippen MR) is 45.1 cm³/mol. The highest BCUT2D eigenvalue weighted by Gasteiger charge is 2.63. The normalized spacial score (nSPS) is 34.0. The second kappa shape index (κ2) is 2.60. The summed E-state index contributed by atoms with van der Waals surface area (Å²) in [5.74, 6) is -0.0518. The summed E-state index contributed by atoms with van der Waals surface area (Å²) in [7, 11) is 1.46. The largest absolute Gasteiger partial charge is 0.634 e. The molecule has 70 valence electrons. The van der Waals surface area contributed by atoms with Crippen LogP contribution in [0.4, 0.5) is 0 Å². The van der Waals surface area contributed by atoms with Gasteiger partial charge in [0, 0.05) is 0 Å². The zero-order valence-electron chi connectivity index (χ0n) is 6.95. The van der Waals surface area contributed by atoms with Crippen molar-refractivity contribution in [2.45, 2.75) is 11.7 Å². The summed E-state index contributed by atoms with van der Waals surface area (Å²) in [6, 6.07) is -0.334. The summed E-state index contributed by atoms with van der Waals surface area (Å²) in [6.45, 7) is 0. The molecule has 12 heavy (non-hydrogen) atoms. The number of hydrogen-bond acceptors (Lipinski definition) is 5. The van der Waals surface area contributed by atoms with Gasteiger partial charge < -0.3 is 33.2 Å². The number of hydroxylamine groups is 2. The number of quaternary nitrogens is 1. The van der Waals surface area contributed by atoms with Crippen LogP contribution in [-0.4, -0.2) is 18.8 Å². The van der Waals surface area contributed by atoms with E-state index in [1.807, 2.05) is 0 Å². The summed E-state index contributed by atoms with van der Waals surface area (Å²) < 4.78 is 0. The molecule has 0 saturated heterocycles. The van der Waals surface area contributed by atoms with Gasteiger partial charge in [-0.05, 0) is 6.08 Å². The molecule has 0 spiro atoms. The lowest BCUT2D eigenvalue weighted by atomic mass is 10.3.